The molecule has 7 nitrogen and oxygen atoms in total. The molecule has 0 atom stereocenters. The summed E-state index contributed by atoms with van der Waals surface area (Å²) >= 11 is 1.24. The summed E-state index contributed by atoms with van der Waals surface area (Å²) in [7, 11) is 0. The van der Waals surface area contributed by atoms with Crippen molar-refractivity contribution in [3.8, 4) is 11.3 Å². The monoisotopic (exact) mass is 343 g/mol. The summed E-state index contributed by atoms with van der Waals surface area (Å²) in [6.45, 7) is 3.43. The average molecular weight is 343 g/mol. The van der Waals surface area contributed by atoms with E-state index in [0.29, 0.717) is 27.7 Å². The number of aryl methyl sites for hydroxylation is 2. The Balaban J connectivity index is 1.82. The van der Waals surface area contributed by atoms with Crippen molar-refractivity contribution in [2.75, 3.05) is 5.32 Å². The number of nitro benzene ring substituents is 1. The van der Waals surface area contributed by atoms with Crippen LogP contribution in [-0.4, -0.2) is 15.8 Å². The standard InChI is InChI=1S/C16H13N3O4S/c1-9-3-5-11(7-13(9)19(21)22)12-8-24-16(17-12)18-15(20)14-6-4-10(2)23-14/h3-8H,1-2H3,(H,17,18,20). The number of hydrogen-bond donors (Lipinski definition) is 1. The molecule has 8 heteroatoms. The molecular formula is C16H13N3O4S. The van der Waals surface area contributed by atoms with Crippen LogP contribution >= 0.6 is 11.3 Å². The van der Waals surface area contributed by atoms with Crippen LogP contribution in [0.4, 0.5) is 10.8 Å². The number of thiazole rings is 1. The van der Waals surface area contributed by atoms with Crippen molar-refractivity contribution in [3.05, 3.63) is 62.9 Å². The highest BCUT2D eigenvalue weighted by atomic mass is 32.1. The van der Waals surface area contributed by atoms with Gasteiger partial charge in [0.1, 0.15) is 5.76 Å². The minimum Gasteiger partial charge on any atom is -0.456 e. The molecule has 1 N–H and O–H groups in total. The lowest BCUT2D eigenvalue weighted by Gasteiger charge is -2.00. The minimum atomic E-state index is -0.423. The van der Waals surface area contributed by atoms with E-state index in [1.807, 2.05) is 0 Å². The molecular weight excluding hydrogens is 330 g/mol. The molecule has 24 heavy (non-hydrogen) atoms. The molecule has 0 aliphatic carbocycles. The van der Waals surface area contributed by atoms with Gasteiger partial charge in [0.15, 0.2) is 10.9 Å². The third kappa shape index (κ3) is 3.18. The number of benzene rings is 1. The molecule has 0 saturated heterocycles. The Morgan fingerprint density at radius 3 is 2.75 bits per heavy atom. The molecule has 1 aromatic carbocycles. The van der Waals surface area contributed by atoms with E-state index in [9.17, 15) is 14.9 Å². The Labute approximate surface area is 141 Å². The van der Waals surface area contributed by atoms with Gasteiger partial charge < -0.3 is 4.42 Å². The van der Waals surface area contributed by atoms with E-state index in [-0.39, 0.29) is 17.4 Å². The maximum atomic E-state index is 12.0. The number of carbonyl (C=O) groups is 1. The zero-order valence-electron chi connectivity index (χ0n) is 12.9. The molecule has 2 aromatic heterocycles. The number of aromatic nitrogens is 1. The number of nitrogens with one attached hydrogen (secondary N) is 1. The van der Waals surface area contributed by atoms with E-state index in [1.54, 1.807) is 43.5 Å². The summed E-state index contributed by atoms with van der Waals surface area (Å²) in [5.41, 5.74) is 1.81. The summed E-state index contributed by atoms with van der Waals surface area (Å²) in [5.74, 6) is 0.459. The Morgan fingerprint density at radius 2 is 2.08 bits per heavy atom. The number of hydrogen-bond acceptors (Lipinski definition) is 6. The molecule has 0 fully saturated rings. The highest BCUT2D eigenvalue weighted by Gasteiger charge is 2.15. The van der Waals surface area contributed by atoms with E-state index < -0.39 is 4.92 Å². The first-order valence-electron chi connectivity index (χ1n) is 7.03. The van der Waals surface area contributed by atoms with Crippen LogP contribution in [0.1, 0.15) is 21.9 Å². The molecule has 3 aromatic rings. The number of furan rings is 1. The fourth-order valence-corrected chi connectivity index (χ4v) is 2.86. The van der Waals surface area contributed by atoms with Gasteiger partial charge in [0, 0.05) is 22.6 Å². The zero-order chi connectivity index (χ0) is 17.3. The SMILES string of the molecule is Cc1ccc(C(=O)Nc2nc(-c3ccc(C)c([N+](=O)[O-])c3)cs2)o1. The van der Waals surface area contributed by atoms with Crippen molar-refractivity contribution in [2.24, 2.45) is 0 Å². The van der Waals surface area contributed by atoms with Crippen LogP contribution in [0.25, 0.3) is 11.3 Å². The lowest BCUT2D eigenvalue weighted by Crippen LogP contribution is -2.10. The van der Waals surface area contributed by atoms with Crippen LogP contribution < -0.4 is 5.32 Å². The number of amides is 1. The zero-order valence-corrected chi connectivity index (χ0v) is 13.7. The van der Waals surface area contributed by atoms with Crippen molar-refractivity contribution in [3.63, 3.8) is 0 Å². The number of rotatable bonds is 4. The van der Waals surface area contributed by atoms with Gasteiger partial charge in [0.05, 0.1) is 10.6 Å². The van der Waals surface area contributed by atoms with E-state index in [4.69, 9.17) is 4.42 Å². The smallest absolute Gasteiger partial charge is 0.293 e. The Hall–Kier alpha value is -3.00. The Morgan fingerprint density at radius 1 is 1.29 bits per heavy atom. The maximum Gasteiger partial charge on any atom is 0.293 e. The highest BCUT2D eigenvalue weighted by molar-refractivity contribution is 7.14. The van der Waals surface area contributed by atoms with Gasteiger partial charge in [0.2, 0.25) is 0 Å². The van der Waals surface area contributed by atoms with Crippen molar-refractivity contribution in [1.82, 2.24) is 4.98 Å². The second-order valence-electron chi connectivity index (χ2n) is 5.16. The van der Waals surface area contributed by atoms with E-state index in [2.05, 4.69) is 10.3 Å². The van der Waals surface area contributed by atoms with E-state index >= 15 is 0 Å². The predicted molar refractivity (Wildman–Crippen MR) is 90.3 cm³/mol. The van der Waals surface area contributed by atoms with Crippen LogP contribution in [0.15, 0.2) is 40.1 Å². The van der Waals surface area contributed by atoms with Gasteiger partial charge in [-0.05, 0) is 26.0 Å². The quantitative estimate of drug-likeness (QED) is 0.566. The van der Waals surface area contributed by atoms with Gasteiger partial charge in [-0.25, -0.2) is 4.98 Å². The number of carbonyl (C=O) groups excluding carboxylic acids is 1. The van der Waals surface area contributed by atoms with Gasteiger partial charge in [-0.3, -0.25) is 20.2 Å². The molecule has 0 spiro atoms. The predicted octanol–water partition coefficient (Wildman–Crippen LogP) is 4.18. The van der Waals surface area contributed by atoms with Crippen LogP contribution in [0.2, 0.25) is 0 Å². The molecule has 2 heterocycles. The van der Waals surface area contributed by atoms with Gasteiger partial charge in [-0.2, -0.15) is 0 Å². The minimum absolute atomic E-state index is 0.0390. The Bertz CT molecular complexity index is 929. The molecule has 1 amide bonds. The summed E-state index contributed by atoms with van der Waals surface area (Å²) in [4.78, 5) is 27.0. The van der Waals surface area contributed by atoms with Gasteiger partial charge >= 0.3 is 0 Å². The first-order chi connectivity index (χ1) is 11.4. The van der Waals surface area contributed by atoms with Gasteiger partial charge in [0.25, 0.3) is 11.6 Å². The first-order valence-corrected chi connectivity index (χ1v) is 7.91. The van der Waals surface area contributed by atoms with Crippen molar-refractivity contribution in [1.29, 1.82) is 0 Å². The summed E-state index contributed by atoms with van der Waals surface area (Å²) < 4.78 is 5.25. The van der Waals surface area contributed by atoms with Crippen LogP contribution in [-0.2, 0) is 0 Å². The molecule has 0 radical (unpaired) electrons. The third-order valence-electron chi connectivity index (χ3n) is 3.39. The fraction of sp³-hybridized carbons (Fsp3) is 0.125. The summed E-state index contributed by atoms with van der Waals surface area (Å²) in [5, 5.41) is 15.8. The first kappa shape index (κ1) is 15.9. The Kier molecular flexibility index (Phi) is 4.13. The molecule has 0 saturated carbocycles. The molecule has 0 aliphatic rings. The van der Waals surface area contributed by atoms with Crippen LogP contribution in [0.5, 0.6) is 0 Å². The van der Waals surface area contributed by atoms with Crippen molar-refractivity contribution < 1.29 is 14.1 Å². The summed E-state index contributed by atoms with van der Waals surface area (Å²) in [6.07, 6.45) is 0. The van der Waals surface area contributed by atoms with E-state index in [1.165, 1.54) is 17.4 Å². The maximum absolute atomic E-state index is 12.0. The van der Waals surface area contributed by atoms with Crippen LogP contribution in [0.3, 0.4) is 0 Å². The normalized spacial score (nSPS) is 10.6. The van der Waals surface area contributed by atoms with Gasteiger partial charge in [-0.15, -0.1) is 11.3 Å². The molecule has 3 rings (SSSR count). The molecule has 0 aliphatic heterocycles. The van der Waals surface area contributed by atoms with Crippen LogP contribution in [0, 0.1) is 24.0 Å². The number of nitrogens with zero attached hydrogens (tertiary/aromatic N) is 2. The summed E-state index contributed by atoms with van der Waals surface area (Å²) in [6, 6.07) is 8.21. The van der Waals surface area contributed by atoms with Crippen molar-refractivity contribution >= 4 is 28.1 Å². The largest absolute Gasteiger partial charge is 0.456 e. The van der Waals surface area contributed by atoms with Crippen molar-refractivity contribution in [2.45, 2.75) is 13.8 Å². The average Bonchev–Trinajstić information content (AvgIpc) is 3.16. The van der Waals surface area contributed by atoms with Gasteiger partial charge in [-0.1, -0.05) is 12.1 Å². The topological polar surface area (TPSA) is 98.3 Å². The lowest BCUT2D eigenvalue weighted by atomic mass is 10.1. The molecule has 122 valence electrons. The number of nitro groups is 1. The molecule has 0 unspecified atom stereocenters. The lowest BCUT2D eigenvalue weighted by molar-refractivity contribution is -0.385. The number of anilines is 1. The van der Waals surface area contributed by atoms with E-state index in [0.717, 1.165) is 0 Å². The highest BCUT2D eigenvalue weighted by Crippen LogP contribution is 2.29. The fourth-order valence-electron chi connectivity index (χ4n) is 2.14. The second kappa shape index (κ2) is 6.25. The molecule has 0 bridgehead atoms. The third-order valence-corrected chi connectivity index (χ3v) is 4.15. The second-order valence-corrected chi connectivity index (χ2v) is 6.02.